The van der Waals surface area contributed by atoms with E-state index >= 15 is 0 Å². The molecule has 0 aromatic rings. The molecule has 0 aliphatic carbocycles. The topological polar surface area (TPSA) is 88.5 Å². The van der Waals surface area contributed by atoms with E-state index in [0.29, 0.717) is 26.2 Å². The van der Waals surface area contributed by atoms with Gasteiger partial charge in [0.25, 0.3) is 0 Å². The number of carbonyl (C=O) groups excluding carboxylic acids is 1. The minimum atomic E-state index is -0.123. The lowest BCUT2D eigenvalue weighted by atomic mass is 10.0. The first-order chi connectivity index (χ1) is 32.4. The van der Waals surface area contributed by atoms with Crippen LogP contribution in [0.4, 0.5) is 0 Å². The number of esters is 1. The van der Waals surface area contributed by atoms with Crippen LogP contribution in [0, 0.1) is 0 Å². The van der Waals surface area contributed by atoms with E-state index < -0.39 is 0 Å². The first-order valence-corrected chi connectivity index (χ1v) is 29.7. The monoisotopic (exact) mass is 940 g/mol. The van der Waals surface area contributed by atoms with Crippen molar-refractivity contribution in [3.05, 3.63) is 0 Å². The lowest BCUT2D eigenvalue weighted by Gasteiger charge is -2.15. The number of nitrogens with zero attached hydrogens (tertiary/aromatic N) is 1. The Bertz CT molecular complexity index is 815. The molecule has 2 atom stereocenters. The zero-order valence-electron chi connectivity index (χ0n) is 45.7. The summed E-state index contributed by atoms with van der Waals surface area (Å²) in [6, 6.07) is 0. The molecule has 1 rings (SSSR count). The van der Waals surface area contributed by atoms with Crippen LogP contribution in [0.25, 0.3) is 0 Å². The molecule has 66 heavy (non-hydrogen) atoms. The van der Waals surface area contributed by atoms with Gasteiger partial charge in [0.05, 0.1) is 6.10 Å². The summed E-state index contributed by atoms with van der Waals surface area (Å²) in [4.78, 5) is 13.8. The number of rotatable bonds is 50. The highest BCUT2D eigenvalue weighted by molar-refractivity contribution is 5.69. The highest BCUT2D eigenvalue weighted by Gasteiger charge is 2.26. The second kappa shape index (κ2) is 60.4. The minimum Gasteiger partial charge on any atom is -0.463 e. The smallest absolute Gasteiger partial charge is 0.305 e. The van der Waals surface area contributed by atoms with Gasteiger partial charge in [-0.1, -0.05) is 271 Å². The molecule has 0 aromatic heterocycles. The summed E-state index contributed by atoms with van der Waals surface area (Å²) in [6.45, 7) is 9.63. The Morgan fingerprint density at radius 2 is 0.742 bits per heavy atom. The van der Waals surface area contributed by atoms with Gasteiger partial charge >= 0.3 is 5.97 Å². The molecule has 1 saturated heterocycles. The molecule has 0 amide bonds. The van der Waals surface area contributed by atoms with Crippen LogP contribution in [-0.2, 0) is 19.0 Å². The second-order valence-corrected chi connectivity index (χ2v) is 20.5. The van der Waals surface area contributed by atoms with Crippen LogP contribution in [0.3, 0.4) is 0 Å². The number of aliphatic hydroxyl groups excluding tert-OH is 2. The summed E-state index contributed by atoms with van der Waals surface area (Å²) in [6.07, 6.45) is 60.6. The Hall–Kier alpha value is -0.730. The second-order valence-electron chi connectivity index (χ2n) is 20.5. The number of unbranched alkanes of at least 4 members (excludes halogenated alkanes) is 39. The molecule has 0 aromatic carbocycles. The molecule has 398 valence electrons. The lowest BCUT2D eigenvalue weighted by molar-refractivity contribution is -0.160. The van der Waals surface area contributed by atoms with E-state index in [-0.39, 0.29) is 18.4 Å². The molecule has 0 saturated carbocycles. The summed E-state index contributed by atoms with van der Waals surface area (Å²) >= 11 is 0. The van der Waals surface area contributed by atoms with Crippen molar-refractivity contribution in [2.45, 2.75) is 329 Å². The fourth-order valence-electron chi connectivity index (χ4n) is 8.84. The van der Waals surface area contributed by atoms with Crippen LogP contribution < -0.4 is 0 Å². The molecule has 0 bridgehead atoms. The first kappa shape index (κ1) is 67.3. The van der Waals surface area contributed by atoms with E-state index in [9.17, 15) is 4.79 Å². The fourth-order valence-corrected chi connectivity index (χ4v) is 8.84. The summed E-state index contributed by atoms with van der Waals surface area (Å²) in [7, 11) is 4.02. The van der Waals surface area contributed by atoms with Crippen molar-refractivity contribution >= 4 is 5.97 Å². The van der Waals surface area contributed by atoms with E-state index in [2.05, 4.69) is 25.7 Å². The minimum absolute atomic E-state index is 0.00543. The van der Waals surface area contributed by atoms with Crippen LogP contribution in [0.2, 0.25) is 0 Å². The SMILES string of the molecule is CCCCCCCCCCCCCCCCO.CCCCCCCCCCCCCCCCO.CCCCCCCCCCCCCCCCOC1CCC(COC(=O)CCCN(C)C)O1. The Kier molecular flexibility index (Phi) is 61.6. The van der Waals surface area contributed by atoms with Gasteiger partial charge in [-0.25, -0.2) is 0 Å². The van der Waals surface area contributed by atoms with Crippen molar-refractivity contribution in [2.75, 3.05) is 47.1 Å². The van der Waals surface area contributed by atoms with Crippen LogP contribution in [0.1, 0.15) is 316 Å². The Morgan fingerprint density at radius 1 is 0.439 bits per heavy atom. The molecular weight excluding hydrogens is 819 g/mol. The molecule has 7 nitrogen and oxygen atoms in total. The third-order valence-corrected chi connectivity index (χ3v) is 13.3. The maximum Gasteiger partial charge on any atom is 0.305 e. The standard InChI is InChI=1S/C27H53NO4.2C16H34O/c1-4-5-6-7-8-9-10-11-12-13-14-15-16-17-23-30-27-21-20-25(32-27)24-31-26(29)19-18-22-28(2)3;2*1-2-3-4-5-6-7-8-9-10-11-12-13-14-15-16-17/h25,27H,4-24H2,1-3H3;2*17H,2-16H2,1H3. The summed E-state index contributed by atoms with van der Waals surface area (Å²) in [5.41, 5.74) is 0. The van der Waals surface area contributed by atoms with Gasteiger partial charge in [-0.3, -0.25) is 4.79 Å². The van der Waals surface area contributed by atoms with Gasteiger partial charge in [-0.2, -0.15) is 0 Å². The largest absolute Gasteiger partial charge is 0.463 e. The van der Waals surface area contributed by atoms with Gasteiger partial charge in [-0.05, 0) is 52.7 Å². The average molecular weight is 941 g/mol. The average Bonchev–Trinajstić information content (AvgIpc) is 3.78. The zero-order valence-corrected chi connectivity index (χ0v) is 45.7. The quantitative estimate of drug-likeness (QED) is 0.0464. The van der Waals surface area contributed by atoms with Gasteiger partial charge in [0.1, 0.15) is 6.61 Å². The number of hydrogen-bond donors (Lipinski definition) is 2. The van der Waals surface area contributed by atoms with Crippen LogP contribution in [0.5, 0.6) is 0 Å². The molecular formula is C59H121NO6. The highest BCUT2D eigenvalue weighted by atomic mass is 16.7. The van der Waals surface area contributed by atoms with Gasteiger partial charge in [0.2, 0.25) is 0 Å². The normalized spacial score (nSPS) is 14.6. The van der Waals surface area contributed by atoms with E-state index in [4.69, 9.17) is 24.4 Å². The maximum atomic E-state index is 11.8. The van der Waals surface area contributed by atoms with E-state index in [0.717, 1.165) is 51.7 Å². The molecule has 7 heteroatoms. The van der Waals surface area contributed by atoms with Crippen molar-refractivity contribution in [3.63, 3.8) is 0 Å². The Labute approximate surface area is 414 Å². The summed E-state index contributed by atoms with van der Waals surface area (Å²) in [5.74, 6) is -0.123. The number of ether oxygens (including phenoxy) is 3. The molecule has 2 unspecified atom stereocenters. The van der Waals surface area contributed by atoms with Gasteiger partial charge in [0.15, 0.2) is 6.29 Å². The van der Waals surface area contributed by atoms with Crippen molar-refractivity contribution in [1.29, 1.82) is 0 Å². The number of aliphatic hydroxyl groups is 2. The Morgan fingerprint density at radius 3 is 1.05 bits per heavy atom. The zero-order chi connectivity index (χ0) is 48.5. The molecule has 1 fully saturated rings. The van der Waals surface area contributed by atoms with E-state index in [1.807, 2.05) is 14.1 Å². The third kappa shape index (κ3) is 59.4. The molecule has 1 aliphatic rings. The van der Waals surface area contributed by atoms with Crippen LogP contribution in [0.15, 0.2) is 0 Å². The molecule has 0 radical (unpaired) electrons. The van der Waals surface area contributed by atoms with E-state index in [1.54, 1.807) is 0 Å². The third-order valence-electron chi connectivity index (χ3n) is 13.3. The van der Waals surface area contributed by atoms with Gasteiger partial charge < -0.3 is 29.3 Å². The highest BCUT2D eigenvalue weighted by Crippen LogP contribution is 2.22. The fraction of sp³-hybridized carbons (Fsp3) is 0.983. The van der Waals surface area contributed by atoms with Crippen molar-refractivity contribution < 1.29 is 29.2 Å². The predicted octanol–water partition coefficient (Wildman–Crippen LogP) is 17.8. The summed E-state index contributed by atoms with van der Waals surface area (Å²) in [5, 5.41) is 17.3. The van der Waals surface area contributed by atoms with Crippen LogP contribution >= 0.6 is 0 Å². The maximum absolute atomic E-state index is 11.8. The molecule has 0 spiro atoms. The number of carbonyl (C=O) groups is 1. The van der Waals surface area contributed by atoms with Crippen LogP contribution in [-0.4, -0.2) is 80.5 Å². The van der Waals surface area contributed by atoms with Crippen molar-refractivity contribution in [3.8, 4) is 0 Å². The number of hydrogen-bond acceptors (Lipinski definition) is 7. The molecule has 1 aliphatic heterocycles. The molecule has 1 heterocycles. The molecule has 2 N–H and O–H groups in total. The lowest BCUT2D eigenvalue weighted by Crippen LogP contribution is -2.21. The predicted molar refractivity (Wildman–Crippen MR) is 288 cm³/mol. The van der Waals surface area contributed by atoms with Crippen molar-refractivity contribution in [2.24, 2.45) is 0 Å². The Balaban J connectivity index is 0. The van der Waals surface area contributed by atoms with Gasteiger partial charge in [-0.15, -0.1) is 0 Å². The van der Waals surface area contributed by atoms with E-state index in [1.165, 1.54) is 250 Å². The van der Waals surface area contributed by atoms with Crippen molar-refractivity contribution in [1.82, 2.24) is 4.90 Å². The summed E-state index contributed by atoms with van der Waals surface area (Å²) < 4.78 is 17.1. The van der Waals surface area contributed by atoms with Gasteiger partial charge in [0, 0.05) is 32.7 Å². The first-order valence-electron chi connectivity index (χ1n) is 29.7.